The quantitative estimate of drug-likeness (QED) is 0.884. The van der Waals surface area contributed by atoms with E-state index in [2.05, 4.69) is 4.74 Å². The van der Waals surface area contributed by atoms with Crippen LogP contribution in [0.2, 0.25) is 0 Å². The van der Waals surface area contributed by atoms with Crippen molar-refractivity contribution in [3.05, 3.63) is 24.3 Å². The smallest absolute Gasteiger partial charge is 0.481 e. The molecule has 0 amide bonds. The molecule has 1 aromatic carbocycles. The van der Waals surface area contributed by atoms with Crippen molar-refractivity contribution in [2.45, 2.75) is 37.1 Å². The Balaban J connectivity index is 2.32. The standard InChI is InChI=1S/C14H16F3NO5S/c1-9-5-6-10(13(19)20)8-18(9)24(21,22)12-4-2-3-11(7-12)23-14(15,16)17/h2-4,7,9-10H,5-6,8H2,1H3,(H,19,20). The minimum atomic E-state index is -4.94. The highest BCUT2D eigenvalue weighted by molar-refractivity contribution is 7.89. The van der Waals surface area contributed by atoms with Gasteiger partial charge in [-0.05, 0) is 31.9 Å². The molecule has 24 heavy (non-hydrogen) atoms. The second kappa shape index (κ2) is 6.60. The minimum Gasteiger partial charge on any atom is -0.481 e. The Morgan fingerprint density at radius 3 is 2.58 bits per heavy atom. The number of sulfonamides is 1. The summed E-state index contributed by atoms with van der Waals surface area (Å²) in [5.74, 6) is -2.59. The van der Waals surface area contributed by atoms with E-state index in [-0.39, 0.29) is 11.4 Å². The van der Waals surface area contributed by atoms with Crippen LogP contribution < -0.4 is 4.74 Å². The van der Waals surface area contributed by atoms with Crippen molar-refractivity contribution in [3.8, 4) is 5.75 Å². The first-order valence-corrected chi connectivity index (χ1v) is 8.55. The number of ether oxygens (including phenoxy) is 1. The molecule has 1 fully saturated rings. The number of nitrogens with zero attached hydrogens (tertiary/aromatic N) is 1. The Labute approximate surface area is 136 Å². The lowest BCUT2D eigenvalue weighted by molar-refractivity contribution is -0.274. The van der Waals surface area contributed by atoms with Gasteiger partial charge in [0.25, 0.3) is 0 Å². The molecule has 134 valence electrons. The molecule has 1 heterocycles. The first kappa shape index (κ1) is 18.5. The van der Waals surface area contributed by atoms with Crippen LogP contribution in [0.3, 0.4) is 0 Å². The van der Waals surface area contributed by atoms with Gasteiger partial charge in [0, 0.05) is 18.7 Å². The van der Waals surface area contributed by atoms with Crippen LogP contribution in [0.25, 0.3) is 0 Å². The van der Waals surface area contributed by atoms with E-state index in [1.165, 1.54) is 0 Å². The molecule has 0 radical (unpaired) electrons. The van der Waals surface area contributed by atoms with E-state index in [1.54, 1.807) is 6.92 Å². The minimum absolute atomic E-state index is 0.219. The van der Waals surface area contributed by atoms with Gasteiger partial charge in [-0.3, -0.25) is 4.79 Å². The fourth-order valence-electron chi connectivity index (χ4n) is 2.58. The number of piperidine rings is 1. The van der Waals surface area contributed by atoms with Gasteiger partial charge in [0.05, 0.1) is 10.8 Å². The predicted molar refractivity (Wildman–Crippen MR) is 76.8 cm³/mol. The number of carboxylic acid groups (broad SMARTS) is 1. The third-order valence-electron chi connectivity index (χ3n) is 3.82. The summed E-state index contributed by atoms with van der Waals surface area (Å²) in [4.78, 5) is 10.7. The zero-order valence-electron chi connectivity index (χ0n) is 12.7. The van der Waals surface area contributed by atoms with Gasteiger partial charge < -0.3 is 9.84 Å². The molecule has 1 aromatic rings. The van der Waals surface area contributed by atoms with Crippen molar-refractivity contribution in [2.75, 3.05) is 6.54 Å². The molecule has 1 aliphatic heterocycles. The summed E-state index contributed by atoms with van der Waals surface area (Å²) in [6.07, 6.45) is -4.23. The number of carboxylic acids is 1. The summed E-state index contributed by atoms with van der Waals surface area (Å²) < 4.78 is 66.9. The van der Waals surface area contributed by atoms with Gasteiger partial charge in [-0.25, -0.2) is 8.42 Å². The van der Waals surface area contributed by atoms with E-state index in [1.807, 2.05) is 0 Å². The third-order valence-corrected chi connectivity index (χ3v) is 5.80. The van der Waals surface area contributed by atoms with Gasteiger partial charge in [0.2, 0.25) is 10.0 Å². The van der Waals surface area contributed by atoms with Gasteiger partial charge in [0.15, 0.2) is 0 Å². The van der Waals surface area contributed by atoms with Crippen LogP contribution in [0.15, 0.2) is 29.2 Å². The molecule has 2 rings (SSSR count). The number of rotatable bonds is 4. The molecule has 0 spiro atoms. The summed E-state index contributed by atoms with van der Waals surface area (Å²) in [5.41, 5.74) is 0. The lowest BCUT2D eigenvalue weighted by Crippen LogP contribution is -2.47. The number of hydrogen-bond donors (Lipinski definition) is 1. The van der Waals surface area contributed by atoms with E-state index in [0.717, 1.165) is 28.6 Å². The summed E-state index contributed by atoms with van der Waals surface area (Å²) in [5, 5.41) is 9.08. The SMILES string of the molecule is CC1CCC(C(=O)O)CN1S(=O)(=O)c1cccc(OC(F)(F)F)c1. The first-order chi connectivity index (χ1) is 11.0. The molecule has 1 N–H and O–H groups in total. The number of carbonyl (C=O) groups is 1. The average molecular weight is 367 g/mol. The summed E-state index contributed by atoms with van der Waals surface area (Å²) >= 11 is 0. The average Bonchev–Trinajstić information content (AvgIpc) is 2.45. The Hall–Kier alpha value is -1.81. The fraction of sp³-hybridized carbons (Fsp3) is 0.500. The lowest BCUT2D eigenvalue weighted by Gasteiger charge is -2.35. The van der Waals surface area contributed by atoms with Gasteiger partial charge in [0.1, 0.15) is 5.75 Å². The molecular formula is C14H16F3NO5S. The van der Waals surface area contributed by atoms with E-state index in [9.17, 15) is 26.4 Å². The topological polar surface area (TPSA) is 83.9 Å². The molecule has 10 heteroatoms. The van der Waals surface area contributed by atoms with Gasteiger partial charge in [-0.2, -0.15) is 4.31 Å². The van der Waals surface area contributed by atoms with Crippen LogP contribution in [-0.4, -0.2) is 42.7 Å². The molecule has 0 saturated carbocycles. The Bertz CT molecular complexity index is 719. The number of hydrogen-bond acceptors (Lipinski definition) is 4. The maximum atomic E-state index is 12.7. The van der Waals surface area contributed by atoms with Gasteiger partial charge in [-0.1, -0.05) is 6.07 Å². The summed E-state index contributed by atoms with van der Waals surface area (Å²) in [6.45, 7) is 1.41. The van der Waals surface area contributed by atoms with Crippen molar-refractivity contribution < 1.29 is 36.2 Å². The predicted octanol–water partition coefficient (Wildman–Crippen LogP) is 2.46. The van der Waals surface area contributed by atoms with Crippen molar-refractivity contribution >= 4 is 16.0 Å². The number of alkyl halides is 3. The first-order valence-electron chi connectivity index (χ1n) is 7.11. The molecule has 1 aliphatic rings. The monoisotopic (exact) mass is 367 g/mol. The normalized spacial score (nSPS) is 23.0. The van der Waals surface area contributed by atoms with Crippen LogP contribution in [0.1, 0.15) is 19.8 Å². The summed E-state index contributed by atoms with van der Waals surface area (Å²) in [7, 11) is -4.13. The number of halogens is 3. The van der Waals surface area contributed by atoms with Gasteiger partial charge >= 0.3 is 12.3 Å². The van der Waals surface area contributed by atoms with Crippen LogP contribution in [-0.2, 0) is 14.8 Å². The molecule has 1 saturated heterocycles. The second-order valence-electron chi connectivity index (χ2n) is 5.56. The molecular weight excluding hydrogens is 351 g/mol. The number of benzene rings is 1. The van der Waals surface area contributed by atoms with Crippen LogP contribution in [0.5, 0.6) is 5.75 Å². The van der Waals surface area contributed by atoms with E-state index >= 15 is 0 Å². The highest BCUT2D eigenvalue weighted by Gasteiger charge is 2.38. The molecule has 2 atom stereocenters. The third kappa shape index (κ3) is 4.18. The van der Waals surface area contributed by atoms with Crippen LogP contribution in [0, 0.1) is 5.92 Å². The zero-order chi connectivity index (χ0) is 18.1. The Kier molecular flexibility index (Phi) is 5.09. The van der Waals surface area contributed by atoms with Crippen molar-refractivity contribution in [3.63, 3.8) is 0 Å². The maximum absolute atomic E-state index is 12.7. The molecule has 6 nitrogen and oxygen atoms in total. The largest absolute Gasteiger partial charge is 0.573 e. The Morgan fingerprint density at radius 1 is 1.33 bits per heavy atom. The molecule has 0 bridgehead atoms. The van der Waals surface area contributed by atoms with Crippen LogP contribution in [0.4, 0.5) is 13.2 Å². The molecule has 2 unspecified atom stereocenters. The highest BCUT2D eigenvalue weighted by atomic mass is 32.2. The number of aliphatic carboxylic acids is 1. The molecule has 0 aliphatic carbocycles. The van der Waals surface area contributed by atoms with E-state index < -0.39 is 40.1 Å². The fourth-order valence-corrected chi connectivity index (χ4v) is 4.32. The zero-order valence-corrected chi connectivity index (χ0v) is 13.5. The van der Waals surface area contributed by atoms with E-state index in [4.69, 9.17) is 5.11 Å². The highest BCUT2D eigenvalue weighted by Crippen LogP contribution is 2.31. The maximum Gasteiger partial charge on any atom is 0.573 e. The Morgan fingerprint density at radius 2 is 2.00 bits per heavy atom. The van der Waals surface area contributed by atoms with Crippen molar-refractivity contribution in [2.24, 2.45) is 5.92 Å². The second-order valence-corrected chi connectivity index (χ2v) is 7.45. The van der Waals surface area contributed by atoms with Gasteiger partial charge in [-0.15, -0.1) is 13.2 Å². The van der Waals surface area contributed by atoms with Crippen molar-refractivity contribution in [1.29, 1.82) is 0 Å². The molecule has 0 aromatic heterocycles. The van der Waals surface area contributed by atoms with E-state index in [0.29, 0.717) is 12.8 Å². The van der Waals surface area contributed by atoms with Crippen LogP contribution >= 0.6 is 0 Å². The van der Waals surface area contributed by atoms with Crippen molar-refractivity contribution in [1.82, 2.24) is 4.31 Å². The summed E-state index contributed by atoms with van der Waals surface area (Å²) in [6, 6.07) is 3.61. The lowest BCUT2D eigenvalue weighted by atomic mass is 9.96.